The lowest BCUT2D eigenvalue weighted by Crippen LogP contribution is -2.15. The van der Waals surface area contributed by atoms with Crippen LogP contribution in [0.3, 0.4) is 0 Å². The number of rotatable bonds is 3. The standard InChI is InChI=1S/C44H34/c1-26(2)35-22-33-12-10-28-13-17-36(39-20-16-34(23-35)42(33)43(28)39)32-15-19-38-37-18-14-31(24-40(37)44(3,4)41(38)25-32)30-11-9-27-7-5-6-8-29(27)21-30/h5-26H,1-4H3. The predicted molar refractivity (Wildman–Crippen MR) is 190 cm³/mol. The van der Waals surface area contributed by atoms with Crippen LogP contribution in [0.25, 0.3) is 76.5 Å². The molecule has 0 N–H and O–H groups in total. The molecule has 0 aliphatic heterocycles. The minimum atomic E-state index is -0.0927. The Morgan fingerprint density at radius 1 is 0.432 bits per heavy atom. The van der Waals surface area contributed by atoms with Gasteiger partial charge in [-0.3, -0.25) is 0 Å². The van der Waals surface area contributed by atoms with Crippen molar-refractivity contribution in [2.45, 2.75) is 39.0 Å². The summed E-state index contributed by atoms with van der Waals surface area (Å²) in [7, 11) is 0. The molecule has 8 aromatic rings. The molecule has 8 aromatic carbocycles. The predicted octanol–water partition coefficient (Wildman–Crippen LogP) is 12.5. The fourth-order valence-electron chi connectivity index (χ4n) is 7.88. The number of benzene rings is 8. The Balaban J connectivity index is 1.18. The molecule has 0 spiro atoms. The molecule has 0 nitrogen and oxygen atoms in total. The summed E-state index contributed by atoms with van der Waals surface area (Å²) in [6, 6.07) is 48.4. The zero-order valence-corrected chi connectivity index (χ0v) is 25.7. The van der Waals surface area contributed by atoms with Crippen molar-refractivity contribution in [2.24, 2.45) is 0 Å². The molecule has 1 aliphatic carbocycles. The third-order valence-corrected chi connectivity index (χ3v) is 10.4. The minimum Gasteiger partial charge on any atom is -0.0616 e. The van der Waals surface area contributed by atoms with Crippen molar-refractivity contribution in [3.8, 4) is 33.4 Å². The van der Waals surface area contributed by atoms with E-state index in [9.17, 15) is 0 Å². The molecule has 0 atom stereocenters. The lowest BCUT2D eigenvalue weighted by atomic mass is 9.80. The summed E-state index contributed by atoms with van der Waals surface area (Å²) in [5, 5.41) is 10.7. The maximum Gasteiger partial charge on any atom is 0.0159 e. The first-order chi connectivity index (χ1) is 21.4. The van der Waals surface area contributed by atoms with Gasteiger partial charge in [0, 0.05) is 5.41 Å². The molecule has 0 saturated carbocycles. The van der Waals surface area contributed by atoms with Crippen LogP contribution < -0.4 is 0 Å². The van der Waals surface area contributed by atoms with E-state index in [4.69, 9.17) is 0 Å². The number of hydrogen-bond donors (Lipinski definition) is 0. The summed E-state index contributed by atoms with van der Waals surface area (Å²) in [4.78, 5) is 0. The molecule has 9 rings (SSSR count). The summed E-state index contributed by atoms with van der Waals surface area (Å²) in [5.41, 5.74) is 12.0. The van der Waals surface area contributed by atoms with Crippen LogP contribution in [0.1, 0.15) is 50.3 Å². The normalized spacial score (nSPS) is 13.8. The average molecular weight is 563 g/mol. The summed E-state index contributed by atoms with van der Waals surface area (Å²) in [6.07, 6.45) is 0. The lowest BCUT2D eigenvalue weighted by Gasteiger charge is -2.23. The van der Waals surface area contributed by atoms with E-state index >= 15 is 0 Å². The monoisotopic (exact) mass is 562 g/mol. The molecule has 0 bridgehead atoms. The van der Waals surface area contributed by atoms with Crippen LogP contribution in [0.4, 0.5) is 0 Å². The van der Waals surface area contributed by atoms with Crippen molar-refractivity contribution in [1.82, 2.24) is 0 Å². The highest BCUT2D eigenvalue weighted by Crippen LogP contribution is 2.51. The molecule has 0 radical (unpaired) electrons. The van der Waals surface area contributed by atoms with Crippen LogP contribution in [-0.2, 0) is 5.41 Å². The molecule has 0 unspecified atom stereocenters. The Morgan fingerprint density at radius 3 is 1.73 bits per heavy atom. The van der Waals surface area contributed by atoms with E-state index in [1.165, 1.54) is 93.2 Å². The van der Waals surface area contributed by atoms with Gasteiger partial charge < -0.3 is 0 Å². The second-order valence-corrected chi connectivity index (χ2v) is 13.6. The third kappa shape index (κ3) is 3.58. The molecule has 0 heterocycles. The second-order valence-electron chi connectivity index (χ2n) is 13.6. The van der Waals surface area contributed by atoms with Crippen LogP contribution in [-0.4, -0.2) is 0 Å². The average Bonchev–Trinajstić information content (AvgIpc) is 3.28. The topological polar surface area (TPSA) is 0 Å². The Hall–Kier alpha value is -4.94. The van der Waals surface area contributed by atoms with E-state index in [2.05, 4.69) is 155 Å². The molecule has 0 amide bonds. The fraction of sp³-hybridized carbons (Fsp3) is 0.136. The molecular weight excluding hydrogens is 528 g/mol. The Morgan fingerprint density at radius 2 is 0.977 bits per heavy atom. The van der Waals surface area contributed by atoms with Crippen LogP contribution in [0.15, 0.2) is 127 Å². The molecular formula is C44H34. The van der Waals surface area contributed by atoms with E-state index in [1.807, 2.05) is 0 Å². The van der Waals surface area contributed by atoms with Crippen molar-refractivity contribution >= 4 is 43.1 Å². The van der Waals surface area contributed by atoms with Crippen molar-refractivity contribution in [3.63, 3.8) is 0 Å². The maximum absolute atomic E-state index is 2.47. The second kappa shape index (κ2) is 9.04. The van der Waals surface area contributed by atoms with Crippen molar-refractivity contribution in [2.75, 3.05) is 0 Å². The van der Waals surface area contributed by atoms with Crippen LogP contribution in [0, 0.1) is 0 Å². The quantitative estimate of drug-likeness (QED) is 0.188. The SMILES string of the molecule is CC(C)c1cc2ccc3ccc(-c4ccc5c(c4)C(C)(C)c4cc(-c6ccc7ccccc7c6)ccc4-5)c4ccc(c1)c2c34. The van der Waals surface area contributed by atoms with Crippen LogP contribution in [0.2, 0.25) is 0 Å². The molecule has 44 heavy (non-hydrogen) atoms. The Labute approximate surface area is 258 Å². The van der Waals surface area contributed by atoms with Gasteiger partial charge in [0.25, 0.3) is 0 Å². The van der Waals surface area contributed by atoms with Gasteiger partial charge in [-0.2, -0.15) is 0 Å². The van der Waals surface area contributed by atoms with Gasteiger partial charge in [-0.25, -0.2) is 0 Å². The summed E-state index contributed by atoms with van der Waals surface area (Å²) in [5.74, 6) is 0.509. The van der Waals surface area contributed by atoms with Crippen molar-refractivity contribution in [1.29, 1.82) is 0 Å². The van der Waals surface area contributed by atoms with E-state index in [0.717, 1.165) is 0 Å². The van der Waals surface area contributed by atoms with Gasteiger partial charge in [-0.1, -0.05) is 137 Å². The summed E-state index contributed by atoms with van der Waals surface area (Å²) >= 11 is 0. The van der Waals surface area contributed by atoms with Crippen molar-refractivity contribution in [3.05, 3.63) is 144 Å². The Bertz CT molecular complexity index is 2420. The van der Waals surface area contributed by atoms with Crippen LogP contribution in [0.5, 0.6) is 0 Å². The molecule has 0 aromatic heterocycles. The zero-order valence-electron chi connectivity index (χ0n) is 25.7. The Kier molecular flexibility index (Phi) is 5.25. The van der Waals surface area contributed by atoms with Gasteiger partial charge in [0.05, 0.1) is 0 Å². The smallest absolute Gasteiger partial charge is 0.0159 e. The lowest BCUT2D eigenvalue weighted by molar-refractivity contribution is 0.661. The molecule has 0 fully saturated rings. The van der Waals surface area contributed by atoms with E-state index in [1.54, 1.807) is 0 Å². The van der Waals surface area contributed by atoms with E-state index < -0.39 is 0 Å². The minimum absolute atomic E-state index is 0.0927. The van der Waals surface area contributed by atoms with E-state index in [0.29, 0.717) is 5.92 Å². The highest BCUT2D eigenvalue weighted by molar-refractivity contribution is 6.25. The summed E-state index contributed by atoms with van der Waals surface area (Å²) in [6.45, 7) is 9.34. The van der Waals surface area contributed by atoms with Gasteiger partial charge in [0.1, 0.15) is 0 Å². The fourth-order valence-corrected chi connectivity index (χ4v) is 7.88. The third-order valence-electron chi connectivity index (χ3n) is 10.4. The zero-order chi connectivity index (χ0) is 29.7. The van der Waals surface area contributed by atoms with Gasteiger partial charge >= 0.3 is 0 Å². The molecule has 1 aliphatic rings. The first-order valence-corrected chi connectivity index (χ1v) is 15.9. The number of hydrogen-bond acceptors (Lipinski definition) is 0. The highest BCUT2D eigenvalue weighted by Gasteiger charge is 2.36. The molecule has 0 heteroatoms. The maximum atomic E-state index is 2.47. The van der Waals surface area contributed by atoms with Gasteiger partial charge in [-0.05, 0) is 117 Å². The van der Waals surface area contributed by atoms with Gasteiger partial charge in [0.2, 0.25) is 0 Å². The van der Waals surface area contributed by atoms with E-state index in [-0.39, 0.29) is 5.41 Å². The van der Waals surface area contributed by atoms with Crippen LogP contribution >= 0.6 is 0 Å². The first-order valence-electron chi connectivity index (χ1n) is 15.9. The highest BCUT2D eigenvalue weighted by atomic mass is 14.4. The van der Waals surface area contributed by atoms with Crippen molar-refractivity contribution < 1.29 is 0 Å². The molecule has 0 saturated heterocycles. The van der Waals surface area contributed by atoms with Gasteiger partial charge in [-0.15, -0.1) is 0 Å². The first kappa shape index (κ1) is 25.5. The summed E-state index contributed by atoms with van der Waals surface area (Å²) < 4.78 is 0. The number of fused-ring (bicyclic) bond motifs is 4. The van der Waals surface area contributed by atoms with Gasteiger partial charge in [0.15, 0.2) is 0 Å². The molecule has 210 valence electrons. The largest absolute Gasteiger partial charge is 0.0616 e.